The van der Waals surface area contributed by atoms with Gasteiger partial charge in [0.1, 0.15) is 17.3 Å². The fourth-order valence-electron chi connectivity index (χ4n) is 4.07. The van der Waals surface area contributed by atoms with Crippen molar-refractivity contribution in [3.8, 4) is 11.5 Å². The van der Waals surface area contributed by atoms with Crippen molar-refractivity contribution in [2.45, 2.75) is 26.3 Å². The molecule has 2 aromatic rings. The number of benzene rings is 2. The first-order valence-corrected chi connectivity index (χ1v) is 11.1. The summed E-state index contributed by atoms with van der Waals surface area (Å²) in [4.78, 5) is 29.7. The van der Waals surface area contributed by atoms with Gasteiger partial charge in [0.2, 0.25) is 0 Å². The van der Waals surface area contributed by atoms with E-state index in [4.69, 9.17) is 9.47 Å². The van der Waals surface area contributed by atoms with E-state index in [9.17, 15) is 14.7 Å². The van der Waals surface area contributed by atoms with E-state index < -0.39 is 17.7 Å². The predicted octanol–water partition coefficient (Wildman–Crippen LogP) is 3.78. The summed E-state index contributed by atoms with van der Waals surface area (Å²) in [7, 11) is 5.50. The summed E-state index contributed by atoms with van der Waals surface area (Å²) >= 11 is 0. The molecule has 1 saturated heterocycles. The Morgan fingerprint density at radius 3 is 2.39 bits per heavy atom. The largest absolute Gasteiger partial charge is 0.507 e. The van der Waals surface area contributed by atoms with Crippen LogP contribution in [0, 0.1) is 6.92 Å². The fourth-order valence-corrected chi connectivity index (χ4v) is 4.07. The Morgan fingerprint density at radius 2 is 1.82 bits per heavy atom. The van der Waals surface area contributed by atoms with E-state index in [-0.39, 0.29) is 11.3 Å². The van der Waals surface area contributed by atoms with Gasteiger partial charge in [0.15, 0.2) is 0 Å². The molecule has 1 atom stereocenters. The SMILES string of the molecule is CCOc1ccc(/C(O)=C2/C(=O)C(=O)N(CCCN(C)C)C2c2ccc(OC)cc2)cc1C. The second-order valence-electron chi connectivity index (χ2n) is 8.34. The average molecular weight is 453 g/mol. The van der Waals surface area contributed by atoms with Gasteiger partial charge in [-0.15, -0.1) is 0 Å². The minimum Gasteiger partial charge on any atom is -0.507 e. The predicted molar refractivity (Wildman–Crippen MR) is 128 cm³/mol. The number of aliphatic hydroxyl groups is 1. The van der Waals surface area contributed by atoms with Gasteiger partial charge >= 0.3 is 0 Å². The van der Waals surface area contributed by atoms with Gasteiger partial charge in [0, 0.05) is 12.1 Å². The number of hydrogen-bond donors (Lipinski definition) is 1. The van der Waals surface area contributed by atoms with Crippen molar-refractivity contribution in [2.75, 3.05) is 40.9 Å². The number of hydrogen-bond acceptors (Lipinski definition) is 6. The highest BCUT2D eigenvalue weighted by molar-refractivity contribution is 6.46. The Hall–Kier alpha value is -3.32. The number of aliphatic hydroxyl groups excluding tert-OH is 1. The first-order valence-electron chi connectivity index (χ1n) is 11.1. The van der Waals surface area contributed by atoms with Crippen LogP contribution in [-0.4, -0.2) is 67.5 Å². The molecule has 0 aromatic heterocycles. The molecule has 0 spiro atoms. The highest BCUT2D eigenvalue weighted by atomic mass is 16.5. The number of aryl methyl sites for hydroxylation is 1. The number of carbonyl (C=O) groups is 2. The van der Waals surface area contributed by atoms with Crippen molar-refractivity contribution >= 4 is 17.4 Å². The number of likely N-dealkylation sites (tertiary alicyclic amines) is 1. The second-order valence-corrected chi connectivity index (χ2v) is 8.34. The molecule has 7 nitrogen and oxygen atoms in total. The van der Waals surface area contributed by atoms with Gasteiger partial charge in [-0.3, -0.25) is 9.59 Å². The Balaban J connectivity index is 2.08. The smallest absolute Gasteiger partial charge is 0.295 e. The number of ketones is 1. The molecule has 33 heavy (non-hydrogen) atoms. The van der Waals surface area contributed by atoms with Crippen LogP contribution in [0.4, 0.5) is 0 Å². The van der Waals surface area contributed by atoms with Gasteiger partial charge in [-0.25, -0.2) is 0 Å². The van der Waals surface area contributed by atoms with Crippen LogP contribution in [0.2, 0.25) is 0 Å². The van der Waals surface area contributed by atoms with E-state index in [1.165, 1.54) is 0 Å². The van der Waals surface area contributed by atoms with Gasteiger partial charge < -0.3 is 24.4 Å². The Morgan fingerprint density at radius 1 is 1.12 bits per heavy atom. The molecule has 7 heteroatoms. The zero-order valence-corrected chi connectivity index (χ0v) is 19.9. The number of amides is 1. The molecule has 0 saturated carbocycles. The Kier molecular flexibility index (Phi) is 7.76. The molecular weight excluding hydrogens is 420 g/mol. The van der Waals surface area contributed by atoms with Crippen LogP contribution in [0.15, 0.2) is 48.0 Å². The first kappa shape index (κ1) is 24.3. The maximum Gasteiger partial charge on any atom is 0.295 e. The molecule has 1 N–H and O–H groups in total. The molecule has 1 aliphatic rings. The van der Waals surface area contributed by atoms with E-state index in [0.717, 1.165) is 17.7 Å². The number of rotatable bonds is 9. The minimum atomic E-state index is -0.676. The van der Waals surface area contributed by atoms with Gasteiger partial charge in [-0.2, -0.15) is 0 Å². The van der Waals surface area contributed by atoms with Crippen LogP contribution in [0.1, 0.15) is 36.1 Å². The maximum atomic E-state index is 13.1. The van der Waals surface area contributed by atoms with Crippen molar-refractivity contribution in [2.24, 2.45) is 0 Å². The zero-order chi connectivity index (χ0) is 24.1. The molecule has 0 aliphatic carbocycles. The zero-order valence-electron chi connectivity index (χ0n) is 19.9. The monoisotopic (exact) mass is 452 g/mol. The van der Waals surface area contributed by atoms with E-state index in [2.05, 4.69) is 0 Å². The van der Waals surface area contributed by atoms with Crippen molar-refractivity contribution < 1.29 is 24.2 Å². The van der Waals surface area contributed by atoms with Crippen molar-refractivity contribution in [1.82, 2.24) is 9.80 Å². The third kappa shape index (κ3) is 5.20. The number of Topliss-reactive ketones (excluding diaryl/α,β-unsaturated/α-hetero) is 1. The first-order chi connectivity index (χ1) is 15.8. The highest BCUT2D eigenvalue weighted by Crippen LogP contribution is 2.40. The minimum absolute atomic E-state index is 0.0959. The molecule has 1 heterocycles. The standard InChI is InChI=1S/C26H32N2O5/c1-6-33-21-13-10-19(16-17(21)2)24(29)22-23(18-8-11-20(32-5)12-9-18)28(26(31)25(22)30)15-7-14-27(3)4/h8-13,16,23,29H,6-7,14-15H2,1-5H3/b24-22-. The third-order valence-electron chi connectivity index (χ3n) is 5.72. The van der Waals surface area contributed by atoms with Crippen LogP contribution in [0.3, 0.4) is 0 Å². The molecule has 1 aliphatic heterocycles. The van der Waals surface area contributed by atoms with E-state index in [1.54, 1.807) is 42.3 Å². The van der Waals surface area contributed by atoms with E-state index >= 15 is 0 Å². The summed E-state index contributed by atoms with van der Waals surface area (Å²) in [5.41, 5.74) is 2.14. The summed E-state index contributed by atoms with van der Waals surface area (Å²) in [6.07, 6.45) is 0.703. The average Bonchev–Trinajstić information content (AvgIpc) is 3.05. The summed E-state index contributed by atoms with van der Waals surface area (Å²) < 4.78 is 10.8. The molecule has 3 rings (SSSR count). The number of methoxy groups -OCH3 is 1. The normalized spacial score (nSPS) is 17.6. The quantitative estimate of drug-likeness (QED) is 0.354. The molecular formula is C26H32N2O5. The molecule has 1 fully saturated rings. The third-order valence-corrected chi connectivity index (χ3v) is 5.72. The van der Waals surface area contributed by atoms with Gasteiger partial charge in [0.05, 0.1) is 25.3 Å². The van der Waals surface area contributed by atoms with Crippen LogP contribution in [0.5, 0.6) is 11.5 Å². The summed E-state index contributed by atoms with van der Waals surface area (Å²) in [6.45, 7) is 5.49. The van der Waals surface area contributed by atoms with Gasteiger partial charge in [-0.05, 0) is 82.4 Å². The van der Waals surface area contributed by atoms with E-state index in [0.29, 0.717) is 36.6 Å². The number of carbonyl (C=O) groups excluding carboxylic acids is 2. The highest BCUT2D eigenvalue weighted by Gasteiger charge is 2.45. The lowest BCUT2D eigenvalue weighted by Gasteiger charge is -2.26. The second kappa shape index (κ2) is 10.5. The number of ether oxygens (including phenoxy) is 2. The van der Waals surface area contributed by atoms with Gasteiger partial charge in [0.25, 0.3) is 11.7 Å². The van der Waals surface area contributed by atoms with Crippen LogP contribution in [0.25, 0.3) is 5.76 Å². The van der Waals surface area contributed by atoms with Crippen molar-refractivity contribution in [3.05, 3.63) is 64.7 Å². The van der Waals surface area contributed by atoms with Crippen LogP contribution < -0.4 is 9.47 Å². The molecule has 176 valence electrons. The molecule has 2 aromatic carbocycles. The lowest BCUT2D eigenvalue weighted by molar-refractivity contribution is -0.139. The summed E-state index contributed by atoms with van der Waals surface area (Å²) in [6, 6.07) is 11.8. The molecule has 0 radical (unpaired) electrons. The van der Waals surface area contributed by atoms with Gasteiger partial charge in [-0.1, -0.05) is 12.1 Å². The Labute approximate surface area is 195 Å². The summed E-state index contributed by atoms with van der Waals surface area (Å²) in [5, 5.41) is 11.2. The number of nitrogens with zero attached hydrogens (tertiary/aromatic N) is 2. The lowest BCUT2D eigenvalue weighted by Crippen LogP contribution is -2.32. The van der Waals surface area contributed by atoms with Crippen molar-refractivity contribution in [1.29, 1.82) is 0 Å². The van der Waals surface area contributed by atoms with E-state index in [1.807, 2.05) is 45.0 Å². The molecule has 1 unspecified atom stereocenters. The topological polar surface area (TPSA) is 79.3 Å². The van der Waals surface area contributed by atoms with Crippen molar-refractivity contribution in [3.63, 3.8) is 0 Å². The fraction of sp³-hybridized carbons (Fsp3) is 0.385. The molecule has 0 bridgehead atoms. The van der Waals surface area contributed by atoms with Crippen LogP contribution in [-0.2, 0) is 9.59 Å². The summed E-state index contributed by atoms with van der Waals surface area (Å²) in [5.74, 6) is -0.0748. The maximum absolute atomic E-state index is 13.1. The lowest BCUT2D eigenvalue weighted by atomic mass is 9.94. The van der Waals surface area contributed by atoms with Crippen LogP contribution >= 0.6 is 0 Å². The molecule has 1 amide bonds. The Bertz CT molecular complexity index is 1040.